The van der Waals surface area contributed by atoms with Crippen LogP contribution < -0.4 is 0 Å². The van der Waals surface area contributed by atoms with Gasteiger partial charge in [-0.1, -0.05) is 18.2 Å². The van der Waals surface area contributed by atoms with Gasteiger partial charge in [0.2, 0.25) is 0 Å². The maximum atomic E-state index is 9.22. The van der Waals surface area contributed by atoms with Gasteiger partial charge in [-0.15, -0.1) is 0 Å². The molecule has 1 fully saturated rings. The summed E-state index contributed by atoms with van der Waals surface area (Å²) < 4.78 is 2.20. The standard InChI is InChI=1S/C16H21N3O/c1-13-17-11-16(12-18(9-10-20)14-7-8-14)19(13)15-5-3-2-4-6-15/h2-6,11,14,20H,7-10,12H2,1H3. The molecule has 4 nitrogen and oxygen atoms in total. The Hall–Kier alpha value is -1.65. The molecule has 0 aliphatic heterocycles. The van der Waals surface area contributed by atoms with Gasteiger partial charge in [-0.25, -0.2) is 4.98 Å². The van der Waals surface area contributed by atoms with Gasteiger partial charge in [-0.2, -0.15) is 0 Å². The summed E-state index contributed by atoms with van der Waals surface area (Å²) in [6, 6.07) is 11.0. The summed E-state index contributed by atoms with van der Waals surface area (Å²) in [7, 11) is 0. The zero-order valence-electron chi connectivity index (χ0n) is 11.9. The van der Waals surface area contributed by atoms with Crippen molar-refractivity contribution in [3.63, 3.8) is 0 Å². The van der Waals surface area contributed by atoms with E-state index in [2.05, 4.69) is 26.6 Å². The molecule has 3 rings (SSSR count). The smallest absolute Gasteiger partial charge is 0.110 e. The van der Waals surface area contributed by atoms with Crippen molar-refractivity contribution in [2.75, 3.05) is 13.2 Å². The van der Waals surface area contributed by atoms with Crippen molar-refractivity contribution in [2.45, 2.75) is 32.4 Å². The lowest BCUT2D eigenvalue weighted by Gasteiger charge is -2.21. The third kappa shape index (κ3) is 2.76. The molecule has 0 spiro atoms. The van der Waals surface area contributed by atoms with Crippen LogP contribution in [0.5, 0.6) is 0 Å². The summed E-state index contributed by atoms with van der Waals surface area (Å²) in [4.78, 5) is 6.82. The van der Waals surface area contributed by atoms with Gasteiger partial charge in [0.15, 0.2) is 0 Å². The largest absolute Gasteiger partial charge is 0.395 e. The van der Waals surface area contributed by atoms with Gasteiger partial charge in [-0.3, -0.25) is 9.47 Å². The number of nitrogens with zero attached hydrogens (tertiary/aromatic N) is 3. The molecule has 1 N–H and O–H groups in total. The summed E-state index contributed by atoms with van der Waals surface area (Å²) in [5.41, 5.74) is 2.34. The van der Waals surface area contributed by atoms with Crippen LogP contribution >= 0.6 is 0 Å². The van der Waals surface area contributed by atoms with E-state index in [0.717, 1.165) is 24.6 Å². The van der Waals surface area contributed by atoms with E-state index < -0.39 is 0 Å². The molecule has 1 aromatic carbocycles. The maximum absolute atomic E-state index is 9.22. The highest BCUT2D eigenvalue weighted by atomic mass is 16.3. The Kier molecular flexibility index (Phi) is 3.85. The first-order chi connectivity index (χ1) is 9.79. The van der Waals surface area contributed by atoms with E-state index in [1.54, 1.807) is 0 Å². The van der Waals surface area contributed by atoms with Gasteiger partial charge in [-0.05, 0) is 31.9 Å². The second kappa shape index (κ2) is 5.77. The van der Waals surface area contributed by atoms with E-state index in [9.17, 15) is 5.11 Å². The fourth-order valence-corrected chi connectivity index (χ4v) is 2.70. The van der Waals surface area contributed by atoms with Gasteiger partial charge >= 0.3 is 0 Å². The Morgan fingerprint density at radius 1 is 1.30 bits per heavy atom. The maximum Gasteiger partial charge on any atom is 0.110 e. The summed E-state index contributed by atoms with van der Waals surface area (Å²) in [5.74, 6) is 1.01. The van der Waals surface area contributed by atoms with Gasteiger partial charge in [0.1, 0.15) is 5.82 Å². The number of aliphatic hydroxyl groups excluding tert-OH is 1. The molecule has 0 bridgehead atoms. The van der Waals surface area contributed by atoms with Crippen LogP contribution in [0.15, 0.2) is 36.5 Å². The van der Waals surface area contributed by atoms with Crippen LogP contribution in [0, 0.1) is 6.92 Å². The zero-order valence-corrected chi connectivity index (χ0v) is 11.9. The van der Waals surface area contributed by atoms with Crippen LogP contribution in [0.1, 0.15) is 24.4 Å². The van der Waals surface area contributed by atoms with E-state index in [4.69, 9.17) is 0 Å². The Morgan fingerprint density at radius 3 is 2.70 bits per heavy atom. The Labute approximate surface area is 119 Å². The van der Waals surface area contributed by atoms with E-state index in [1.165, 1.54) is 18.5 Å². The zero-order chi connectivity index (χ0) is 13.9. The molecule has 106 valence electrons. The average Bonchev–Trinajstić information content (AvgIpc) is 3.24. The van der Waals surface area contributed by atoms with E-state index in [0.29, 0.717) is 6.04 Å². The molecule has 1 saturated carbocycles. The molecule has 2 aromatic rings. The fraction of sp³-hybridized carbons (Fsp3) is 0.438. The summed E-state index contributed by atoms with van der Waals surface area (Å²) in [6.45, 7) is 3.84. The van der Waals surface area contributed by atoms with Gasteiger partial charge in [0.25, 0.3) is 0 Å². The van der Waals surface area contributed by atoms with Crippen molar-refractivity contribution in [3.05, 3.63) is 48.0 Å². The molecule has 0 atom stereocenters. The van der Waals surface area contributed by atoms with Gasteiger partial charge in [0.05, 0.1) is 18.5 Å². The Bertz CT molecular complexity index is 560. The molecule has 1 aliphatic rings. The average molecular weight is 271 g/mol. The van der Waals surface area contributed by atoms with Gasteiger partial charge < -0.3 is 5.11 Å². The number of aliphatic hydroxyl groups is 1. The monoisotopic (exact) mass is 271 g/mol. The van der Waals surface area contributed by atoms with Crippen LogP contribution in [-0.4, -0.2) is 38.8 Å². The highest BCUT2D eigenvalue weighted by Crippen LogP contribution is 2.28. The van der Waals surface area contributed by atoms with Crippen LogP contribution in [-0.2, 0) is 6.54 Å². The lowest BCUT2D eigenvalue weighted by molar-refractivity contribution is 0.181. The first-order valence-electron chi connectivity index (χ1n) is 7.23. The fourth-order valence-electron chi connectivity index (χ4n) is 2.70. The SMILES string of the molecule is Cc1ncc(CN(CCO)C2CC2)n1-c1ccccc1. The molecule has 20 heavy (non-hydrogen) atoms. The molecule has 0 saturated heterocycles. The highest BCUT2D eigenvalue weighted by Gasteiger charge is 2.29. The molecule has 1 heterocycles. The lowest BCUT2D eigenvalue weighted by Crippen LogP contribution is -2.29. The van der Waals surface area contributed by atoms with Crippen molar-refractivity contribution in [1.29, 1.82) is 0 Å². The molecule has 1 aromatic heterocycles. The number of benzene rings is 1. The van der Waals surface area contributed by atoms with Crippen LogP contribution in [0.3, 0.4) is 0 Å². The third-order valence-corrected chi connectivity index (χ3v) is 3.84. The summed E-state index contributed by atoms with van der Waals surface area (Å²) in [5, 5.41) is 9.22. The molecule has 1 aliphatic carbocycles. The lowest BCUT2D eigenvalue weighted by atomic mass is 10.3. The molecule has 0 unspecified atom stereocenters. The predicted molar refractivity (Wildman–Crippen MR) is 78.8 cm³/mol. The number of rotatable bonds is 6. The summed E-state index contributed by atoms with van der Waals surface area (Å²) >= 11 is 0. The minimum absolute atomic E-state index is 0.217. The Balaban J connectivity index is 1.86. The number of para-hydroxylation sites is 1. The summed E-state index contributed by atoms with van der Waals surface area (Å²) in [6.07, 6.45) is 4.45. The van der Waals surface area contributed by atoms with Crippen molar-refractivity contribution >= 4 is 0 Å². The Morgan fingerprint density at radius 2 is 2.05 bits per heavy atom. The number of imidazole rings is 1. The van der Waals surface area contributed by atoms with E-state index in [1.807, 2.05) is 31.3 Å². The minimum atomic E-state index is 0.217. The predicted octanol–water partition coefficient (Wildman–Crippen LogP) is 2.14. The van der Waals surface area contributed by atoms with Crippen LogP contribution in [0.4, 0.5) is 0 Å². The first-order valence-corrected chi connectivity index (χ1v) is 7.23. The second-order valence-corrected chi connectivity index (χ2v) is 5.39. The van der Waals surface area contributed by atoms with Crippen molar-refractivity contribution in [2.24, 2.45) is 0 Å². The molecule has 4 heteroatoms. The number of hydrogen-bond donors (Lipinski definition) is 1. The van der Waals surface area contributed by atoms with Crippen molar-refractivity contribution in [3.8, 4) is 5.69 Å². The molecular formula is C16H21N3O. The van der Waals surface area contributed by atoms with E-state index >= 15 is 0 Å². The van der Waals surface area contributed by atoms with Crippen LogP contribution in [0.25, 0.3) is 5.69 Å². The molecule has 0 radical (unpaired) electrons. The molecular weight excluding hydrogens is 250 g/mol. The number of hydrogen-bond acceptors (Lipinski definition) is 3. The quantitative estimate of drug-likeness (QED) is 0.875. The second-order valence-electron chi connectivity index (χ2n) is 5.39. The highest BCUT2D eigenvalue weighted by molar-refractivity contribution is 5.35. The number of aryl methyl sites for hydroxylation is 1. The molecule has 0 amide bonds. The first kappa shape index (κ1) is 13.3. The normalized spacial score (nSPS) is 14.9. The number of aromatic nitrogens is 2. The van der Waals surface area contributed by atoms with Crippen molar-refractivity contribution < 1.29 is 5.11 Å². The minimum Gasteiger partial charge on any atom is -0.395 e. The van der Waals surface area contributed by atoms with Crippen molar-refractivity contribution in [1.82, 2.24) is 14.5 Å². The third-order valence-electron chi connectivity index (χ3n) is 3.84. The topological polar surface area (TPSA) is 41.3 Å². The van der Waals surface area contributed by atoms with Crippen LogP contribution in [0.2, 0.25) is 0 Å². The van der Waals surface area contributed by atoms with Gasteiger partial charge in [0, 0.05) is 24.8 Å². The van der Waals surface area contributed by atoms with E-state index in [-0.39, 0.29) is 6.61 Å².